The number of ether oxygens (including phenoxy) is 4. The van der Waals surface area contributed by atoms with Crippen LogP contribution < -0.4 is 4.74 Å². The zero-order valence-electron chi connectivity index (χ0n) is 14.9. The SMILES string of the molecule is CCOC(=O)C=CC(=O)OC(C(=O)OC(C)=O)C(=O)c1ccc(OC)cc1. The van der Waals surface area contributed by atoms with Crippen molar-refractivity contribution in [2.24, 2.45) is 0 Å². The molecule has 0 radical (unpaired) electrons. The normalized spacial score (nSPS) is 11.4. The molecule has 0 spiro atoms. The summed E-state index contributed by atoms with van der Waals surface area (Å²) in [5.74, 6) is -4.77. The van der Waals surface area contributed by atoms with Crippen molar-refractivity contribution < 1.29 is 42.9 Å². The van der Waals surface area contributed by atoms with Crippen LogP contribution in [0.1, 0.15) is 24.2 Å². The summed E-state index contributed by atoms with van der Waals surface area (Å²) in [7, 11) is 1.43. The highest BCUT2D eigenvalue weighted by Gasteiger charge is 2.33. The molecular formula is C18H18O9. The van der Waals surface area contributed by atoms with Gasteiger partial charge < -0.3 is 18.9 Å². The molecule has 0 fully saturated rings. The molecule has 27 heavy (non-hydrogen) atoms. The van der Waals surface area contributed by atoms with E-state index in [0.717, 1.165) is 13.0 Å². The van der Waals surface area contributed by atoms with Crippen LogP contribution in [0.2, 0.25) is 0 Å². The van der Waals surface area contributed by atoms with Gasteiger partial charge in [0.05, 0.1) is 13.7 Å². The van der Waals surface area contributed by atoms with Crippen LogP contribution in [0.25, 0.3) is 0 Å². The van der Waals surface area contributed by atoms with E-state index in [1.807, 2.05) is 0 Å². The van der Waals surface area contributed by atoms with Crippen molar-refractivity contribution in [1.82, 2.24) is 0 Å². The maximum Gasteiger partial charge on any atom is 0.363 e. The van der Waals surface area contributed by atoms with Crippen molar-refractivity contribution in [1.29, 1.82) is 0 Å². The molecule has 0 aliphatic rings. The van der Waals surface area contributed by atoms with E-state index in [2.05, 4.69) is 9.47 Å². The van der Waals surface area contributed by atoms with Gasteiger partial charge in [-0.1, -0.05) is 0 Å². The molecule has 9 nitrogen and oxygen atoms in total. The maximum absolute atomic E-state index is 12.5. The summed E-state index contributed by atoms with van der Waals surface area (Å²) < 4.78 is 18.7. The van der Waals surface area contributed by atoms with Gasteiger partial charge in [0.2, 0.25) is 5.78 Å². The number of rotatable bonds is 8. The third kappa shape index (κ3) is 7.10. The fourth-order valence-electron chi connectivity index (χ4n) is 1.79. The standard InChI is InChI=1S/C18H18O9/c1-4-25-14(20)9-10-15(21)27-17(18(23)26-11(2)19)16(22)12-5-7-13(24-3)8-6-12/h5-10,17H,4H2,1-3H3. The van der Waals surface area contributed by atoms with Crippen molar-refractivity contribution in [3.63, 3.8) is 0 Å². The molecule has 9 heteroatoms. The Bertz CT molecular complexity index is 747. The minimum Gasteiger partial charge on any atom is -0.497 e. The van der Waals surface area contributed by atoms with E-state index in [1.165, 1.54) is 31.4 Å². The average molecular weight is 378 g/mol. The molecule has 0 aliphatic heterocycles. The number of carbonyl (C=O) groups excluding carboxylic acids is 5. The number of ketones is 1. The molecule has 144 valence electrons. The second-order valence-corrected chi connectivity index (χ2v) is 4.91. The van der Waals surface area contributed by atoms with E-state index in [1.54, 1.807) is 6.92 Å². The molecule has 0 aromatic heterocycles. The zero-order chi connectivity index (χ0) is 20.4. The third-order valence-corrected chi connectivity index (χ3v) is 2.95. The van der Waals surface area contributed by atoms with Gasteiger partial charge in [0, 0.05) is 24.6 Å². The third-order valence-electron chi connectivity index (χ3n) is 2.95. The summed E-state index contributed by atoms with van der Waals surface area (Å²) >= 11 is 0. The Balaban J connectivity index is 2.99. The number of hydrogen-bond acceptors (Lipinski definition) is 9. The molecule has 0 saturated heterocycles. The molecule has 0 N–H and O–H groups in total. The van der Waals surface area contributed by atoms with Gasteiger partial charge >= 0.3 is 23.9 Å². The van der Waals surface area contributed by atoms with Gasteiger partial charge in [-0.2, -0.15) is 0 Å². The number of hydrogen-bond donors (Lipinski definition) is 0. The van der Waals surface area contributed by atoms with E-state index in [9.17, 15) is 24.0 Å². The second kappa shape index (κ2) is 10.5. The Labute approximate surface area is 154 Å². The van der Waals surface area contributed by atoms with Gasteiger partial charge in [-0.3, -0.25) is 9.59 Å². The maximum atomic E-state index is 12.5. The van der Waals surface area contributed by atoms with Gasteiger partial charge in [-0.05, 0) is 31.2 Å². The molecule has 1 aromatic rings. The highest BCUT2D eigenvalue weighted by Crippen LogP contribution is 2.15. The van der Waals surface area contributed by atoms with Crippen molar-refractivity contribution >= 4 is 29.7 Å². The molecular weight excluding hydrogens is 360 g/mol. The zero-order valence-corrected chi connectivity index (χ0v) is 14.9. The molecule has 1 atom stereocenters. The smallest absolute Gasteiger partial charge is 0.363 e. The largest absolute Gasteiger partial charge is 0.497 e. The van der Waals surface area contributed by atoms with Gasteiger partial charge in [0.1, 0.15) is 5.75 Å². The highest BCUT2D eigenvalue weighted by molar-refractivity contribution is 6.13. The van der Waals surface area contributed by atoms with Crippen LogP contribution in [-0.2, 0) is 33.4 Å². The summed E-state index contributed by atoms with van der Waals surface area (Å²) in [5, 5.41) is 0. The van der Waals surface area contributed by atoms with Crippen LogP contribution in [0.15, 0.2) is 36.4 Å². The predicted molar refractivity (Wildman–Crippen MR) is 89.8 cm³/mol. The topological polar surface area (TPSA) is 122 Å². The first kappa shape index (κ1) is 21.6. The van der Waals surface area contributed by atoms with Crippen molar-refractivity contribution in [3.05, 3.63) is 42.0 Å². The number of carbonyl (C=O) groups is 5. The molecule has 1 rings (SSSR count). The van der Waals surface area contributed by atoms with E-state index in [0.29, 0.717) is 11.8 Å². The van der Waals surface area contributed by atoms with E-state index in [-0.39, 0.29) is 12.2 Å². The number of esters is 4. The molecule has 1 unspecified atom stereocenters. The van der Waals surface area contributed by atoms with Crippen LogP contribution in [-0.4, -0.2) is 49.5 Å². The van der Waals surface area contributed by atoms with E-state index < -0.39 is 35.8 Å². The molecule has 0 bridgehead atoms. The monoisotopic (exact) mass is 378 g/mol. The molecule has 0 heterocycles. The van der Waals surface area contributed by atoms with Crippen molar-refractivity contribution in [2.45, 2.75) is 20.0 Å². The summed E-state index contributed by atoms with van der Waals surface area (Å²) in [6.07, 6.45) is -0.564. The van der Waals surface area contributed by atoms with Crippen LogP contribution in [0.3, 0.4) is 0 Å². The summed E-state index contributed by atoms with van der Waals surface area (Å²) in [5.41, 5.74) is 0.0171. The molecule has 0 amide bonds. The fraction of sp³-hybridized carbons (Fsp3) is 0.278. The second-order valence-electron chi connectivity index (χ2n) is 4.91. The van der Waals surface area contributed by atoms with Gasteiger partial charge in [0.15, 0.2) is 0 Å². The van der Waals surface area contributed by atoms with Crippen LogP contribution in [0, 0.1) is 0 Å². The van der Waals surface area contributed by atoms with Gasteiger partial charge in [-0.15, -0.1) is 0 Å². The highest BCUT2D eigenvalue weighted by atomic mass is 16.6. The average Bonchev–Trinajstić information content (AvgIpc) is 2.63. The van der Waals surface area contributed by atoms with Gasteiger partial charge in [0.25, 0.3) is 6.10 Å². The Morgan fingerprint density at radius 3 is 2.11 bits per heavy atom. The summed E-state index contributed by atoms with van der Waals surface area (Å²) in [6.45, 7) is 2.63. The summed E-state index contributed by atoms with van der Waals surface area (Å²) in [6, 6.07) is 5.61. The minimum atomic E-state index is -2.03. The molecule has 1 aromatic carbocycles. The first-order valence-corrected chi connectivity index (χ1v) is 7.74. The van der Waals surface area contributed by atoms with E-state index >= 15 is 0 Å². The van der Waals surface area contributed by atoms with Crippen molar-refractivity contribution in [3.8, 4) is 5.75 Å². The lowest BCUT2D eigenvalue weighted by Crippen LogP contribution is -2.37. The Morgan fingerprint density at radius 1 is 1.00 bits per heavy atom. The fourth-order valence-corrected chi connectivity index (χ4v) is 1.79. The Hall–Kier alpha value is -3.49. The molecule has 0 aliphatic carbocycles. The quantitative estimate of drug-likeness (QED) is 0.214. The first-order valence-electron chi connectivity index (χ1n) is 7.74. The van der Waals surface area contributed by atoms with E-state index in [4.69, 9.17) is 9.47 Å². The van der Waals surface area contributed by atoms with Crippen LogP contribution in [0.5, 0.6) is 5.75 Å². The minimum absolute atomic E-state index is 0.0171. The Morgan fingerprint density at radius 2 is 1.59 bits per heavy atom. The van der Waals surface area contributed by atoms with Crippen LogP contribution >= 0.6 is 0 Å². The van der Waals surface area contributed by atoms with Crippen LogP contribution in [0.4, 0.5) is 0 Å². The Kier molecular flexibility index (Phi) is 8.37. The number of methoxy groups -OCH3 is 1. The van der Waals surface area contributed by atoms with Gasteiger partial charge in [-0.25, -0.2) is 14.4 Å². The summed E-state index contributed by atoms with van der Waals surface area (Å²) in [4.78, 5) is 58.5. The first-order chi connectivity index (χ1) is 12.8. The lowest BCUT2D eigenvalue weighted by Gasteiger charge is -2.14. The number of Topliss-reactive ketones (excluding diaryl/α,β-unsaturated/α-hetero) is 1. The predicted octanol–water partition coefficient (Wildman–Crippen LogP) is 0.999. The lowest BCUT2D eigenvalue weighted by molar-refractivity contribution is -0.168. The van der Waals surface area contributed by atoms with Crippen molar-refractivity contribution in [2.75, 3.05) is 13.7 Å². The number of benzene rings is 1. The molecule has 0 saturated carbocycles. The lowest BCUT2D eigenvalue weighted by atomic mass is 10.1.